The summed E-state index contributed by atoms with van der Waals surface area (Å²) in [5.41, 5.74) is 8.97. The number of nitrogens with one attached hydrogen (secondary N) is 2. The van der Waals surface area contributed by atoms with E-state index in [2.05, 4.69) is 85.2 Å². The summed E-state index contributed by atoms with van der Waals surface area (Å²) in [4.78, 5) is 15.7. The van der Waals surface area contributed by atoms with Crippen molar-refractivity contribution in [1.82, 2.24) is 29.9 Å². The maximum absolute atomic E-state index is 5.19. The van der Waals surface area contributed by atoms with Gasteiger partial charge in [0.2, 0.25) is 0 Å². The summed E-state index contributed by atoms with van der Waals surface area (Å²) in [7, 11) is 0. The average Bonchev–Trinajstić information content (AvgIpc) is 3.36. The monoisotopic (exact) mass is 417 g/mol. The second-order valence-electron chi connectivity index (χ2n) is 9.27. The second kappa shape index (κ2) is 7.34. The zero-order chi connectivity index (χ0) is 21.9. The number of anilines is 1. The van der Waals surface area contributed by atoms with Gasteiger partial charge in [-0.1, -0.05) is 13.8 Å². The molecule has 4 aromatic heterocycles. The number of piperazine rings is 1. The number of pyridine rings is 2. The molecule has 0 aromatic carbocycles. The van der Waals surface area contributed by atoms with Gasteiger partial charge in [-0.2, -0.15) is 5.10 Å². The molecule has 162 valence electrons. The normalized spacial score (nSPS) is 19.8. The molecule has 7 nitrogen and oxygen atoms in total. The predicted molar refractivity (Wildman–Crippen MR) is 126 cm³/mol. The van der Waals surface area contributed by atoms with E-state index in [9.17, 15) is 0 Å². The van der Waals surface area contributed by atoms with Crippen LogP contribution >= 0.6 is 0 Å². The number of aromatic nitrogens is 5. The molecular formula is C24H31N7. The molecule has 0 unspecified atom stereocenters. The Bertz CT molecular complexity index is 1270. The molecule has 1 saturated heterocycles. The van der Waals surface area contributed by atoms with E-state index in [4.69, 9.17) is 4.98 Å². The molecule has 2 N–H and O–H groups in total. The Morgan fingerprint density at radius 3 is 2.71 bits per heavy atom. The minimum absolute atomic E-state index is 0.331. The van der Waals surface area contributed by atoms with Crippen LogP contribution in [-0.4, -0.2) is 49.7 Å². The first-order chi connectivity index (χ1) is 14.8. The van der Waals surface area contributed by atoms with Gasteiger partial charge in [-0.15, -0.1) is 0 Å². The fourth-order valence-electron chi connectivity index (χ4n) is 4.80. The lowest BCUT2D eigenvalue weighted by molar-refractivity contribution is 0.423. The zero-order valence-corrected chi connectivity index (χ0v) is 19.2. The molecule has 7 heteroatoms. The Morgan fingerprint density at radius 1 is 1.13 bits per heavy atom. The van der Waals surface area contributed by atoms with Gasteiger partial charge < -0.3 is 15.2 Å². The largest absolute Gasteiger partial charge is 0.353 e. The van der Waals surface area contributed by atoms with Crippen LogP contribution in [0.25, 0.3) is 27.9 Å². The Morgan fingerprint density at radius 2 is 1.94 bits per heavy atom. The quantitative estimate of drug-likeness (QED) is 0.523. The van der Waals surface area contributed by atoms with Crippen LogP contribution in [0.5, 0.6) is 0 Å². The van der Waals surface area contributed by atoms with E-state index in [1.54, 1.807) is 6.33 Å². The SMILES string of the molecule is Cc1c(-c2[nH]c3ccc(N4C[C@@H](C)NC[C@H]4C)nc3c2C(C)C)cn2ncnc2c1C. The highest BCUT2D eigenvalue weighted by Gasteiger charge is 2.26. The maximum atomic E-state index is 5.19. The number of H-pyrrole nitrogens is 1. The van der Waals surface area contributed by atoms with Crippen molar-refractivity contribution in [1.29, 1.82) is 0 Å². The Balaban J connectivity index is 1.70. The number of nitrogens with zero attached hydrogens (tertiary/aromatic N) is 5. The minimum Gasteiger partial charge on any atom is -0.353 e. The smallest absolute Gasteiger partial charge is 0.158 e. The van der Waals surface area contributed by atoms with Crippen molar-refractivity contribution in [3.63, 3.8) is 0 Å². The predicted octanol–water partition coefficient (Wildman–Crippen LogP) is 4.20. The van der Waals surface area contributed by atoms with E-state index < -0.39 is 0 Å². The number of fused-ring (bicyclic) bond motifs is 2. The Labute approximate surface area is 182 Å². The van der Waals surface area contributed by atoms with Gasteiger partial charge >= 0.3 is 0 Å². The van der Waals surface area contributed by atoms with Crippen molar-refractivity contribution in [2.45, 2.75) is 59.5 Å². The third-order valence-electron chi connectivity index (χ3n) is 6.70. The third kappa shape index (κ3) is 3.19. The summed E-state index contributed by atoms with van der Waals surface area (Å²) in [6, 6.07) is 5.21. The van der Waals surface area contributed by atoms with Crippen LogP contribution < -0.4 is 10.2 Å². The Kier molecular flexibility index (Phi) is 4.73. The third-order valence-corrected chi connectivity index (χ3v) is 6.70. The van der Waals surface area contributed by atoms with Gasteiger partial charge in [0.15, 0.2) is 5.65 Å². The molecule has 1 fully saturated rings. The second-order valence-corrected chi connectivity index (χ2v) is 9.27. The molecule has 0 aliphatic carbocycles. The van der Waals surface area contributed by atoms with Crippen LogP contribution in [-0.2, 0) is 0 Å². The highest BCUT2D eigenvalue weighted by Crippen LogP contribution is 2.38. The van der Waals surface area contributed by atoms with E-state index in [0.717, 1.165) is 52.4 Å². The van der Waals surface area contributed by atoms with E-state index >= 15 is 0 Å². The summed E-state index contributed by atoms with van der Waals surface area (Å²) in [6.07, 6.45) is 3.70. The molecule has 5 heterocycles. The van der Waals surface area contributed by atoms with Crippen molar-refractivity contribution in [3.05, 3.63) is 41.3 Å². The minimum atomic E-state index is 0.331. The topological polar surface area (TPSA) is 74.1 Å². The van der Waals surface area contributed by atoms with Gasteiger partial charge in [-0.05, 0) is 56.9 Å². The molecule has 0 amide bonds. The van der Waals surface area contributed by atoms with E-state index in [0.29, 0.717) is 18.0 Å². The van der Waals surface area contributed by atoms with Crippen molar-refractivity contribution in [2.75, 3.05) is 18.0 Å². The zero-order valence-electron chi connectivity index (χ0n) is 19.2. The summed E-state index contributed by atoms with van der Waals surface area (Å²) in [5, 5.41) is 7.95. The van der Waals surface area contributed by atoms with E-state index in [-0.39, 0.29) is 0 Å². The van der Waals surface area contributed by atoms with Gasteiger partial charge in [0, 0.05) is 42.5 Å². The first-order valence-electron chi connectivity index (χ1n) is 11.2. The van der Waals surface area contributed by atoms with Crippen molar-refractivity contribution < 1.29 is 0 Å². The molecule has 0 bridgehead atoms. The summed E-state index contributed by atoms with van der Waals surface area (Å²) in [5.74, 6) is 1.39. The first-order valence-corrected chi connectivity index (χ1v) is 11.2. The van der Waals surface area contributed by atoms with Crippen LogP contribution in [0.1, 0.15) is 50.3 Å². The van der Waals surface area contributed by atoms with Crippen molar-refractivity contribution in [3.8, 4) is 11.3 Å². The average molecular weight is 418 g/mol. The molecule has 5 rings (SSSR count). The summed E-state index contributed by atoms with van der Waals surface area (Å²) in [6.45, 7) is 15.2. The molecule has 2 atom stereocenters. The van der Waals surface area contributed by atoms with Crippen LogP contribution in [0.3, 0.4) is 0 Å². The van der Waals surface area contributed by atoms with Gasteiger partial charge in [0.1, 0.15) is 12.1 Å². The lowest BCUT2D eigenvalue weighted by Gasteiger charge is -2.38. The van der Waals surface area contributed by atoms with Gasteiger partial charge in [0.25, 0.3) is 0 Å². The summed E-state index contributed by atoms with van der Waals surface area (Å²) < 4.78 is 1.87. The lowest BCUT2D eigenvalue weighted by Crippen LogP contribution is -2.54. The first kappa shape index (κ1) is 20.0. The fourth-order valence-corrected chi connectivity index (χ4v) is 4.80. The molecule has 0 saturated carbocycles. The van der Waals surface area contributed by atoms with E-state index in [1.165, 1.54) is 11.1 Å². The summed E-state index contributed by atoms with van der Waals surface area (Å²) >= 11 is 0. The van der Waals surface area contributed by atoms with Crippen molar-refractivity contribution >= 4 is 22.5 Å². The van der Waals surface area contributed by atoms with Gasteiger partial charge in [-0.25, -0.2) is 14.5 Å². The highest BCUT2D eigenvalue weighted by atomic mass is 15.3. The van der Waals surface area contributed by atoms with Gasteiger partial charge in [0.05, 0.1) is 16.7 Å². The molecular weight excluding hydrogens is 386 g/mol. The van der Waals surface area contributed by atoms with Crippen LogP contribution in [0.2, 0.25) is 0 Å². The maximum Gasteiger partial charge on any atom is 0.158 e. The van der Waals surface area contributed by atoms with Crippen LogP contribution in [0.15, 0.2) is 24.7 Å². The number of rotatable bonds is 3. The molecule has 0 spiro atoms. The lowest BCUT2D eigenvalue weighted by atomic mass is 9.95. The van der Waals surface area contributed by atoms with Crippen molar-refractivity contribution in [2.24, 2.45) is 0 Å². The standard InChI is InChI=1S/C24H31N7/c1-13(2)21-22(18-11-31-24(26-12-27-31)17(6)16(18)5)28-19-7-8-20(29-23(19)21)30-10-14(3)25-9-15(30)4/h7-8,11-15,25,28H,9-10H2,1-6H3/t14-,15-/m1/s1. The number of aromatic amines is 1. The van der Waals surface area contributed by atoms with Crippen LogP contribution in [0, 0.1) is 13.8 Å². The number of hydrogen-bond donors (Lipinski definition) is 2. The molecule has 4 aromatic rings. The molecule has 31 heavy (non-hydrogen) atoms. The number of hydrogen-bond acceptors (Lipinski definition) is 5. The van der Waals surface area contributed by atoms with Crippen LogP contribution in [0.4, 0.5) is 5.82 Å². The fraction of sp³-hybridized carbons (Fsp3) is 0.458. The Hall–Kier alpha value is -2.93. The highest BCUT2D eigenvalue weighted by molar-refractivity contribution is 5.90. The molecule has 1 aliphatic rings. The van der Waals surface area contributed by atoms with Gasteiger partial charge in [-0.3, -0.25) is 0 Å². The van der Waals surface area contributed by atoms with E-state index in [1.807, 2.05) is 4.52 Å². The molecule has 1 aliphatic heterocycles. The molecule has 0 radical (unpaired) electrons. The number of aryl methyl sites for hydroxylation is 1.